The monoisotopic (exact) mass is 379 g/mol. The van der Waals surface area contributed by atoms with Crippen molar-refractivity contribution in [1.82, 2.24) is 14.7 Å². The zero-order valence-electron chi connectivity index (χ0n) is 15.6. The predicted octanol–water partition coefficient (Wildman–Crippen LogP) is 2.19. The second-order valence-corrected chi connectivity index (χ2v) is 6.56. The standard InChI is InChI=1S/C21H21N3O4/c1-13-3-5-15(6-4-13)20-17(24-10-9-14(2)11-18(24)23-20)7-8-19(26)22-16(12-25)21(27)28/h3-11,16,25H,12H2,1-2H3,(H,22,26)(H,27,28)/b8-7+. The number of hydrogen-bond donors (Lipinski definition) is 3. The number of rotatable bonds is 6. The summed E-state index contributed by atoms with van der Waals surface area (Å²) in [7, 11) is 0. The van der Waals surface area contributed by atoms with E-state index < -0.39 is 24.5 Å². The number of aliphatic carboxylic acids is 1. The van der Waals surface area contributed by atoms with Crippen molar-refractivity contribution < 1.29 is 19.8 Å². The minimum atomic E-state index is -1.35. The van der Waals surface area contributed by atoms with Crippen molar-refractivity contribution >= 4 is 23.6 Å². The van der Waals surface area contributed by atoms with E-state index >= 15 is 0 Å². The fourth-order valence-corrected chi connectivity index (χ4v) is 2.81. The molecule has 0 aliphatic rings. The highest BCUT2D eigenvalue weighted by molar-refractivity contribution is 5.95. The number of fused-ring (bicyclic) bond motifs is 1. The van der Waals surface area contributed by atoms with E-state index in [1.54, 1.807) is 6.08 Å². The number of aryl methyl sites for hydroxylation is 2. The molecular formula is C21H21N3O4. The van der Waals surface area contributed by atoms with Crippen LogP contribution >= 0.6 is 0 Å². The highest BCUT2D eigenvalue weighted by atomic mass is 16.4. The number of benzene rings is 1. The maximum absolute atomic E-state index is 12.1. The van der Waals surface area contributed by atoms with Crippen LogP contribution in [0.2, 0.25) is 0 Å². The van der Waals surface area contributed by atoms with Gasteiger partial charge in [0, 0.05) is 17.8 Å². The third-order valence-corrected chi connectivity index (χ3v) is 4.33. The molecule has 0 bridgehead atoms. The Morgan fingerprint density at radius 1 is 1.18 bits per heavy atom. The second kappa shape index (κ2) is 8.06. The van der Waals surface area contributed by atoms with Crippen molar-refractivity contribution in [3.8, 4) is 11.3 Å². The van der Waals surface area contributed by atoms with E-state index in [4.69, 9.17) is 15.2 Å². The topological polar surface area (TPSA) is 104 Å². The van der Waals surface area contributed by atoms with Crippen molar-refractivity contribution in [2.24, 2.45) is 0 Å². The van der Waals surface area contributed by atoms with Crippen LogP contribution in [0.3, 0.4) is 0 Å². The lowest BCUT2D eigenvalue weighted by Gasteiger charge is -2.09. The summed E-state index contributed by atoms with van der Waals surface area (Å²) in [5.74, 6) is -1.91. The van der Waals surface area contributed by atoms with Crippen LogP contribution in [-0.2, 0) is 9.59 Å². The van der Waals surface area contributed by atoms with E-state index in [9.17, 15) is 9.59 Å². The first-order chi connectivity index (χ1) is 13.4. The summed E-state index contributed by atoms with van der Waals surface area (Å²) in [5, 5.41) is 20.2. The van der Waals surface area contributed by atoms with Gasteiger partial charge in [0.15, 0.2) is 6.04 Å². The molecule has 2 heterocycles. The smallest absolute Gasteiger partial charge is 0.328 e. The summed E-state index contributed by atoms with van der Waals surface area (Å²) in [6.45, 7) is 3.30. The fraction of sp³-hybridized carbons (Fsp3) is 0.190. The number of carboxylic acid groups (broad SMARTS) is 1. The van der Waals surface area contributed by atoms with Crippen LogP contribution in [0.1, 0.15) is 16.8 Å². The molecule has 0 aliphatic carbocycles. The molecule has 3 rings (SSSR count). The average Bonchev–Trinajstić information content (AvgIpc) is 3.02. The summed E-state index contributed by atoms with van der Waals surface area (Å²) in [5.41, 5.74) is 5.26. The van der Waals surface area contributed by atoms with Crippen molar-refractivity contribution in [3.05, 3.63) is 65.5 Å². The Morgan fingerprint density at radius 2 is 1.89 bits per heavy atom. The van der Waals surface area contributed by atoms with Gasteiger partial charge < -0.3 is 15.5 Å². The number of carbonyl (C=O) groups is 2. The van der Waals surface area contributed by atoms with Gasteiger partial charge in [-0.2, -0.15) is 0 Å². The number of nitrogens with one attached hydrogen (secondary N) is 1. The Labute approximate surface area is 162 Å². The summed E-state index contributed by atoms with van der Waals surface area (Å²) in [6.07, 6.45) is 4.71. The molecule has 0 spiro atoms. The Bertz CT molecular complexity index is 1050. The Morgan fingerprint density at radius 3 is 2.54 bits per heavy atom. The molecule has 1 aromatic carbocycles. The zero-order chi connectivity index (χ0) is 20.3. The lowest BCUT2D eigenvalue weighted by molar-refractivity contribution is -0.142. The molecule has 3 N–H and O–H groups in total. The van der Waals surface area contributed by atoms with Crippen LogP contribution in [0.25, 0.3) is 23.0 Å². The van der Waals surface area contributed by atoms with Gasteiger partial charge in [-0.15, -0.1) is 0 Å². The fourth-order valence-electron chi connectivity index (χ4n) is 2.81. The molecule has 3 aromatic rings. The first-order valence-electron chi connectivity index (χ1n) is 8.77. The first kappa shape index (κ1) is 19.3. The maximum Gasteiger partial charge on any atom is 0.328 e. The quantitative estimate of drug-likeness (QED) is 0.570. The van der Waals surface area contributed by atoms with E-state index in [0.717, 1.165) is 22.3 Å². The lowest BCUT2D eigenvalue weighted by atomic mass is 10.1. The van der Waals surface area contributed by atoms with Crippen molar-refractivity contribution in [3.63, 3.8) is 0 Å². The van der Waals surface area contributed by atoms with Gasteiger partial charge in [-0.05, 0) is 37.6 Å². The number of aliphatic hydroxyl groups excluding tert-OH is 1. The zero-order valence-corrected chi connectivity index (χ0v) is 15.6. The molecule has 28 heavy (non-hydrogen) atoms. The highest BCUT2D eigenvalue weighted by Gasteiger charge is 2.18. The molecule has 144 valence electrons. The third kappa shape index (κ3) is 4.10. The lowest BCUT2D eigenvalue weighted by Crippen LogP contribution is -2.42. The number of pyridine rings is 1. The van der Waals surface area contributed by atoms with Gasteiger partial charge in [-0.3, -0.25) is 9.20 Å². The molecule has 1 amide bonds. The van der Waals surface area contributed by atoms with Gasteiger partial charge >= 0.3 is 5.97 Å². The number of carbonyl (C=O) groups excluding carboxylic acids is 1. The number of imidazole rings is 1. The van der Waals surface area contributed by atoms with E-state index in [1.807, 2.05) is 60.8 Å². The minimum Gasteiger partial charge on any atom is -0.480 e. The maximum atomic E-state index is 12.1. The second-order valence-electron chi connectivity index (χ2n) is 6.56. The van der Waals surface area contributed by atoms with E-state index in [1.165, 1.54) is 6.08 Å². The number of amides is 1. The van der Waals surface area contributed by atoms with Gasteiger partial charge in [0.2, 0.25) is 5.91 Å². The molecule has 7 heteroatoms. The molecular weight excluding hydrogens is 358 g/mol. The number of aliphatic hydroxyl groups is 1. The number of carboxylic acids is 1. The molecule has 0 saturated carbocycles. The van der Waals surface area contributed by atoms with Crippen LogP contribution in [0, 0.1) is 13.8 Å². The van der Waals surface area contributed by atoms with Crippen molar-refractivity contribution in [2.45, 2.75) is 19.9 Å². The Balaban J connectivity index is 2.01. The minimum absolute atomic E-state index is 0.613. The number of aromatic nitrogens is 2. The molecule has 0 radical (unpaired) electrons. The summed E-state index contributed by atoms with van der Waals surface area (Å²) < 4.78 is 1.87. The average molecular weight is 379 g/mol. The highest BCUT2D eigenvalue weighted by Crippen LogP contribution is 2.26. The molecule has 2 aromatic heterocycles. The van der Waals surface area contributed by atoms with Gasteiger partial charge in [0.05, 0.1) is 18.0 Å². The van der Waals surface area contributed by atoms with Crippen molar-refractivity contribution in [2.75, 3.05) is 6.61 Å². The summed E-state index contributed by atoms with van der Waals surface area (Å²) >= 11 is 0. The van der Waals surface area contributed by atoms with E-state index in [2.05, 4.69) is 5.32 Å². The van der Waals surface area contributed by atoms with Crippen molar-refractivity contribution in [1.29, 1.82) is 0 Å². The summed E-state index contributed by atoms with van der Waals surface area (Å²) in [4.78, 5) is 27.8. The molecule has 7 nitrogen and oxygen atoms in total. The number of nitrogens with zero attached hydrogens (tertiary/aromatic N) is 2. The van der Waals surface area contributed by atoms with Gasteiger partial charge in [-0.25, -0.2) is 9.78 Å². The Hall–Kier alpha value is -3.45. The largest absolute Gasteiger partial charge is 0.480 e. The SMILES string of the molecule is Cc1ccc(-c2nc3cc(C)ccn3c2/C=C/C(=O)NC(CO)C(=O)O)cc1. The predicted molar refractivity (Wildman–Crippen MR) is 106 cm³/mol. The molecule has 0 fully saturated rings. The van der Waals surface area contributed by atoms with Crippen LogP contribution in [0.15, 0.2) is 48.7 Å². The van der Waals surface area contributed by atoms with E-state index in [-0.39, 0.29) is 0 Å². The summed E-state index contributed by atoms with van der Waals surface area (Å²) in [6, 6.07) is 10.4. The molecule has 1 atom stereocenters. The first-order valence-corrected chi connectivity index (χ1v) is 8.77. The van der Waals surface area contributed by atoms with Crippen LogP contribution < -0.4 is 5.32 Å². The van der Waals surface area contributed by atoms with Crippen LogP contribution in [0.5, 0.6) is 0 Å². The molecule has 0 aliphatic heterocycles. The van der Waals surface area contributed by atoms with Crippen LogP contribution in [0.4, 0.5) is 0 Å². The van der Waals surface area contributed by atoms with Gasteiger partial charge in [-0.1, -0.05) is 29.8 Å². The van der Waals surface area contributed by atoms with E-state index in [0.29, 0.717) is 11.4 Å². The third-order valence-electron chi connectivity index (χ3n) is 4.33. The van der Waals surface area contributed by atoms with Gasteiger partial charge in [0.25, 0.3) is 0 Å². The van der Waals surface area contributed by atoms with Gasteiger partial charge in [0.1, 0.15) is 5.65 Å². The molecule has 0 saturated heterocycles. The number of hydrogen-bond acceptors (Lipinski definition) is 4. The Kier molecular flexibility index (Phi) is 5.56. The molecule has 1 unspecified atom stereocenters. The normalized spacial score (nSPS) is 12.4. The van der Waals surface area contributed by atoms with Crippen LogP contribution in [-0.4, -0.2) is 44.1 Å².